The van der Waals surface area contributed by atoms with Gasteiger partial charge in [-0.1, -0.05) is 43.7 Å². The molecule has 0 saturated carbocycles. The first-order valence-corrected chi connectivity index (χ1v) is 6.67. The number of benzene rings is 1. The van der Waals surface area contributed by atoms with Gasteiger partial charge in [0.05, 0.1) is 6.07 Å². The van der Waals surface area contributed by atoms with E-state index in [0.29, 0.717) is 6.42 Å². The zero-order chi connectivity index (χ0) is 13.4. The molecule has 0 aliphatic heterocycles. The number of hydrogen-bond acceptors (Lipinski definition) is 2. The van der Waals surface area contributed by atoms with Crippen molar-refractivity contribution >= 4 is 0 Å². The lowest BCUT2D eigenvalue weighted by Gasteiger charge is -2.23. The first kappa shape index (κ1) is 14.7. The van der Waals surface area contributed by atoms with Crippen LogP contribution in [0.1, 0.15) is 37.8 Å². The Bertz CT molecular complexity index is 402. The lowest BCUT2D eigenvalue weighted by molar-refractivity contribution is 0.319. The van der Waals surface area contributed by atoms with Crippen molar-refractivity contribution in [2.24, 2.45) is 5.41 Å². The van der Waals surface area contributed by atoms with E-state index in [9.17, 15) is 0 Å². The molecule has 1 rings (SSSR count). The highest BCUT2D eigenvalue weighted by Gasteiger charge is 2.16. The van der Waals surface area contributed by atoms with Crippen molar-refractivity contribution in [3.05, 3.63) is 35.4 Å². The molecule has 0 bridgehead atoms. The van der Waals surface area contributed by atoms with E-state index in [-0.39, 0.29) is 5.41 Å². The summed E-state index contributed by atoms with van der Waals surface area (Å²) in [4.78, 5) is 0. The van der Waals surface area contributed by atoms with Gasteiger partial charge in [-0.15, -0.1) is 0 Å². The number of rotatable bonds is 7. The molecule has 0 amide bonds. The van der Waals surface area contributed by atoms with Gasteiger partial charge in [0.1, 0.15) is 0 Å². The summed E-state index contributed by atoms with van der Waals surface area (Å²) < 4.78 is 0. The second-order valence-electron chi connectivity index (χ2n) is 5.74. The number of nitriles is 1. The molecule has 0 radical (unpaired) electrons. The second-order valence-corrected chi connectivity index (χ2v) is 5.74. The summed E-state index contributed by atoms with van der Waals surface area (Å²) in [5.41, 5.74) is 2.92. The average Bonchev–Trinajstić information content (AvgIpc) is 2.32. The monoisotopic (exact) mass is 244 g/mol. The van der Waals surface area contributed by atoms with Crippen LogP contribution in [0.15, 0.2) is 24.3 Å². The van der Waals surface area contributed by atoms with Crippen molar-refractivity contribution in [1.82, 2.24) is 5.32 Å². The third kappa shape index (κ3) is 5.84. The normalized spacial score (nSPS) is 11.2. The molecule has 0 aliphatic rings. The van der Waals surface area contributed by atoms with Gasteiger partial charge in [0, 0.05) is 13.0 Å². The minimum Gasteiger partial charge on any atom is -0.316 e. The highest BCUT2D eigenvalue weighted by atomic mass is 14.9. The van der Waals surface area contributed by atoms with E-state index in [4.69, 9.17) is 5.26 Å². The Kier molecular flexibility index (Phi) is 5.88. The summed E-state index contributed by atoms with van der Waals surface area (Å²) >= 11 is 0. The van der Waals surface area contributed by atoms with Gasteiger partial charge in [0.2, 0.25) is 0 Å². The Morgan fingerprint density at radius 1 is 1.33 bits per heavy atom. The van der Waals surface area contributed by atoms with Crippen molar-refractivity contribution in [3.8, 4) is 6.07 Å². The van der Waals surface area contributed by atoms with Crippen LogP contribution in [0.5, 0.6) is 0 Å². The van der Waals surface area contributed by atoms with E-state index in [2.05, 4.69) is 56.4 Å². The van der Waals surface area contributed by atoms with Gasteiger partial charge < -0.3 is 5.32 Å². The summed E-state index contributed by atoms with van der Waals surface area (Å²) in [6.45, 7) is 8.52. The van der Waals surface area contributed by atoms with E-state index in [0.717, 1.165) is 25.9 Å². The Labute approximate surface area is 111 Å². The molecule has 1 aromatic rings. The minimum atomic E-state index is 0.211. The van der Waals surface area contributed by atoms with E-state index in [1.165, 1.54) is 11.1 Å². The zero-order valence-corrected chi connectivity index (χ0v) is 11.8. The predicted molar refractivity (Wildman–Crippen MR) is 76.4 cm³/mol. The third-order valence-corrected chi connectivity index (χ3v) is 3.19. The molecule has 1 N–H and O–H groups in total. The van der Waals surface area contributed by atoms with Crippen molar-refractivity contribution in [2.75, 3.05) is 13.1 Å². The molecule has 0 aromatic heterocycles. The van der Waals surface area contributed by atoms with Crippen LogP contribution in [0.4, 0.5) is 0 Å². The Morgan fingerprint density at radius 3 is 2.78 bits per heavy atom. The van der Waals surface area contributed by atoms with Crippen LogP contribution in [-0.4, -0.2) is 13.1 Å². The highest BCUT2D eigenvalue weighted by molar-refractivity contribution is 5.22. The second kappa shape index (κ2) is 7.18. The van der Waals surface area contributed by atoms with E-state index in [1.807, 2.05) is 0 Å². The topological polar surface area (TPSA) is 35.8 Å². The van der Waals surface area contributed by atoms with Crippen LogP contribution >= 0.6 is 0 Å². The molecule has 18 heavy (non-hydrogen) atoms. The quantitative estimate of drug-likeness (QED) is 0.746. The van der Waals surface area contributed by atoms with Gasteiger partial charge in [-0.3, -0.25) is 0 Å². The fourth-order valence-electron chi connectivity index (χ4n) is 2.01. The smallest absolute Gasteiger partial charge is 0.0621 e. The van der Waals surface area contributed by atoms with Crippen molar-refractivity contribution in [1.29, 1.82) is 5.26 Å². The minimum absolute atomic E-state index is 0.211. The standard InChI is InChI=1S/C16H24N2/c1-14-6-4-7-15(12-14)8-11-18-13-16(2,3)9-5-10-17/h4,6-7,12,18H,5,8-9,11,13H2,1-3H3. The SMILES string of the molecule is Cc1cccc(CCNCC(C)(C)CCC#N)c1. The van der Waals surface area contributed by atoms with Crippen LogP contribution in [0, 0.1) is 23.7 Å². The van der Waals surface area contributed by atoms with E-state index < -0.39 is 0 Å². The number of hydrogen-bond donors (Lipinski definition) is 1. The Balaban J connectivity index is 2.24. The maximum Gasteiger partial charge on any atom is 0.0621 e. The largest absolute Gasteiger partial charge is 0.316 e. The molecule has 0 fully saturated rings. The van der Waals surface area contributed by atoms with E-state index in [1.54, 1.807) is 0 Å². The molecule has 0 aliphatic carbocycles. The summed E-state index contributed by atoms with van der Waals surface area (Å²) in [6, 6.07) is 10.9. The first-order chi connectivity index (χ1) is 8.53. The van der Waals surface area contributed by atoms with Crippen LogP contribution in [0.2, 0.25) is 0 Å². The fourth-order valence-corrected chi connectivity index (χ4v) is 2.01. The van der Waals surface area contributed by atoms with Crippen LogP contribution < -0.4 is 5.32 Å². The molecular formula is C16H24N2. The van der Waals surface area contributed by atoms with Gasteiger partial charge in [0.15, 0.2) is 0 Å². The molecule has 0 unspecified atom stereocenters. The molecule has 1 aromatic carbocycles. The molecule has 0 heterocycles. The summed E-state index contributed by atoms with van der Waals surface area (Å²) in [5.74, 6) is 0. The lowest BCUT2D eigenvalue weighted by Crippen LogP contribution is -2.30. The maximum absolute atomic E-state index is 8.61. The molecule has 0 atom stereocenters. The Hall–Kier alpha value is -1.33. The van der Waals surface area contributed by atoms with Gasteiger partial charge in [-0.2, -0.15) is 5.26 Å². The van der Waals surface area contributed by atoms with Crippen molar-refractivity contribution in [2.45, 2.75) is 40.0 Å². The summed E-state index contributed by atoms with van der Waals surface area (Å²) in [5, 5.41) is 12.1. The highest BCUT2D eigenvalue weighted by Crippen LogP contribution is 2.20. The summed E-state index contributed by atoms with van der Waals surface area (Å²) in [7, 11) is 0. The van der Waals surface area contributed by atoms with Gasteiger partial charge in [-0.05, 0) is 37.3 Å². The fraction of sp³-hybridized carbons (Fsp3) is 0.562. The van der Waals surface area contributed by atoms with Crippen molar-refractivity contribution < 1.29 is 0 Å². The van der Waals surface area contributed by atoms with Crippen LogP contribution in [-0.2, 0) is 6.42 Å². The summed E-state index contributed by atoms with van der Waals surface area (Å²) in [6.07, 6.45) is 2.67. The predicted octanol–water partition coefficient (Wildman–Crippen LogP) is 3.46. The van der Waals surface area contributed by atoms with Crippen LogP contribution in [0.3, 0.4) is 0 Å². The average molecular weight is 244 g/mol. The Morgan fingerprint density at radius 2 is 2.11 bits per heavy atom. The van der Waals surface area contributed by atoms with Crippen molar-refractivity contribution in [3.63, 3.8) is 0 Å². The van der Waals surface area contributed by atoms with Gasteiger partial charge in [-0.25, -0.2) is 0 Å². The van der Waals surface area contributed by atoms with E-state index >= 15 is 0 Å². The number of nitrogens with zero attached hydrogens (tertiary/aromatic N) is 1. The molecule has 2 nitrogen and oxygen atoms in total. The zero-order valence-electron chi connectivity index (χ0n) is 11.8. The number of nitrogens with one attached hydrogen (secondary N) is 1. The third-order valence-electron chi connectivity index (χ3n) is 3.19. The molecular weight excluding hydrogens is 220 g/mol. The first-order valence-electron chi connectivity index (χ1n) is 6.67. The molecule has 2 heteroatoms. The van der Waals surface area contributed by atoms with Gasteiger partial charge >= 0.3 is 0 Å². The maximum atomic E-state index is 8.61. The van der Waals surface area contributed by atoms with Gasteiger partial charge in [0.25, 0.3) is 0 Å². The van der Waals surface area contributed by atoms with Crippen LogP contribution in [0.25, 0.3) is 0 Å². The molecule has 0 spiro atoms. The molecule has 0 saturated heterocycles. The molecule has 98 valence electrons. The number of aryl methyl sites for hydroxylation is 1. The lowest BCUT2D eigenvalue weighted by atomic mass is 9.88.